The van der Waals surface area contributed by atoms with Crippen LogP contribution >= 0.6 is 0 Å². The molecular formula is C24H14N4. The molecule has 2 aromatic carbocycles. The molecule has 0 bridgehead atoms. The summed E-state index contributed by atoms with van der Waals surface area (Å²) in [6.45, 7) is 0. The normalized spacial score (nSPS) is 12.9. The minimum Gasteiger partial charge on any atom is -0.289 e. The predicted molar refractivity (Wildman–Crippen MR) is 112 cm³/mol. The molecule has 4 nitrogen and oxygen atoms in total. The number of pyridine rings is 3. The van der Waals surface area contributed by atoms with Gasteiger partial charge in [0.05, 0.1) is 22.1 Å². The van der Waals surface area contributed by atoms with Crippen LogP contribution in [0.5, 0.6) is 0 Å². The smallest absolute Gasteiger partial charge is 0.165 e. The minimum atomic E-state index is 0.892. The highest BCUT2D eigenvalue weighted by molar-refractivity contribution is 6.10. The average Bonchev–Trinajstić information content (AvgIpc) is 3.30. The quantitative estimate of drug-likeness (QED) is 0.352. The van der Waals surface area contributed by atoms with Crippen LogP contribution in [-0.2, 0) is 6.42 Å². The molecule has 0 atom stereocenters. The van der Waals surface area contributed by atoms with Crippen molar-refractivity contribution in [3.05, 3.63) is 84.2 Å². The van der Waals surface area contributed by atoms with Gasteiger partial charge in [-0.25, -0.2) is 4.98 Å². The molecule has 0 fully saturated rings. The van der Waals surface area contributed by atoms with E-state index in [0.717, 1.165) is 45.0 Å². The molecule has 0 amide bonds. The van der Waals surface area contributed by atoms with E-state index in [-0.39, 0.29) is 0 Å². The van der Waals surface area contributed by atoms with Gasteiger partial charge in [-0.05, 0) is 65.1 Å². The van der Waals surface area contributed by atoms with Crippen molar-refractivity contribution in [2.45, 2.75) is 6.42 Å². The fourth-order valence-electron chi connectivity index (χ4n) is 4.67. The Morgan fingerprint density at radius 3 is 2.54 bits per heavy atom. The van der Waals surface area contributed by atoms with Gasteiger partial charge in [0.2, 0.25) is 0 Å². The molecule has 0 radical (unpaired) electrons. The number of fused-ring (bicyclic) bond motifs is 11. The van der Waals surface area contributed by atoms with Crippen molar-refractivity contribution in [3.8, 4) is 11.1 Å². The van der Waals surface area contributed by atoms with Gasteiger partial charge in [-0.3, -0.25) is 14.4 Å². The van der Waals surface area contributed by atoms with Crippen LogP contribution in [0.3, 0.4) is 0 Å². The van der Waals surface area contributed by atoms with E-state index < -0.39 is 0 Å². The first-order valence-electron chi connectivity index (χ1n) is 9.43. The van der Waals surface area contributed by atoms with E-state index >= 15 is 0 Å². The number of rotatable bonds is 0. The topological polar surface area (TPSA) is 43.1 Å². The molecule has 0 saturated heterocycles. The van der Waals surface area contributed by atoms with E-state index in [1.54, 1.807) is 0 Å². The first-order chi connectivity index (χ1) is 13.9. The Balaban J connectivity index is 1.72. The molecule has 4 aromatic heterocycles. The van der Waals surface area contributed by atoms with E-state index in [4.69, 9.17) is 4.98 Å². The molecule has 130 valence electrons. The van der Waals surface area contributed by atoms with Gasteiger partial charge in [0.1, 0.15) is 5.52 Å². The van der Waals surface area contributed by atoms with Gasteiger partial charge in [0, 0.05) is 17.8 Å². The maximum atomic E-state index is 5.01. The average molecular weight is 358 g/mol. The molecule has 0 aliphatic heterocycles. The second kappa shape index (κ2) is 4.93. The lowest BCUT2D eigenvalue weighted by Gasteiger charge is -2.07. The number of aromatic nitrogens is 4. The van der Waals surface area contributed by atoms with Gasteiger partial charge in [-0.15, -0.1) is 0 Å². The summed E-state index contributed by atoms with van der Waals surface area (Å²) in [5, 5.41) is 1.04. The van der Waals surface area contributed by atoms with Crippen LogP contribution in [0.2, 0.25) is 0 Å². The van der Waals surface area contributed by atoms with E-state index in [1.807, 2.05) is 24.5 Å². The third-order valence-electron chi connectivity index (χ3n) is 5.87. The zero-order valence-electron chi connectivity index (χ0n) is 14.9. The third kappa shape index (κ3) is 1.68. The number of hydrogen-bond acceptors (Lipinski definition) is 3. The number of imidazole rings is 1. The zero-order chi connectivity index (χ0) is 18.2. The van der Waals surface area contributed by atoms with Crippen LogP contribution in [0.1, 0.15) is 11.1 Å². The van der Waals surface area contributed by atoms with E-state index in [9.17, 15) is 0 Å². The molecule has 4 heteroatoms. The van der Waals surface area contributed by atoms with Crippen LogP contribution in [0, 0.1) is 0 Å². The number of hydrogen-bond donors (Lipinski definition) is 0. The van der Waals surface area contributed by atoms with Crippen molar-refractivity contribution in [3.63, 3.8) is 0 Å². The van der Waals surface area contributed by atoms with Gasteiger partial charge in [-0.1, -0.05) is 24.3 Å². The van der Waals surface area contributed by atoms with E-state index in [0.29, 0.717) is 0 Å². The van der Waals surface area contributed by atoms with Gasteiger partial charge < -0.3 is 0 Å². The van der Waals surface area contributed by atoms with Gasteiger partial charge in [0.15, 0.2) is 5.65 Å². The zero-order valence-corrected chi connectivity index (χ0v) is 14.9. The molecule has 1 aliphatic rings. The lowest BCUT2D eigenvalue weighted by molar-refractivity contribution is 1.26. The molecule has 0 N–H and O–H groups in total. The predicted octanol–water partition coefficient (Wildman–Crippen LogP) is 5.16. The summed E-state index contributed by atoms with van der Waals surface area (Å²) in [6, 6.07) is 21.3. The summed E-state index contributed by atoms with van der Waals surface area (Å²) in [6.07, 6.45) is 4.64. The number of nitrogens with zero attached hydrogens (tertiary/aromatic N) is 4. The van der Waals surface area contributed by atoms with Gasteiger partial charge >= 0.3 is 0 Å². The summed E-state index contributed by atoms with van der Waals surface area (Å²) >= 11 is 0. The summed E-state index contributed by atoms with van der Waals surface area (Å²) < 4.78 is 2.22. The minimum absolute atomic E-state index is 0.892. The van der Waals surface area contributed by atoms with Crippen LogP contribution in [0.25, 0.3) is 49.7 Å². The van der Waals surface area contributed by atoms with Crippen LogP contribution in [0.4, 0.5) is 0 Å². The Labute approximate surface area is 160 Å². The van der Waals surface area contributed by atoms with Crippen molar-refractivity contribution in [2.24, 2.45) is 0 Å². The van der Waals surface area contributed by atoms with E-state index in [1.165, 1.54) is 22.3 Å². The van der Waals surface area contributed by atoms with Crippen molar-refractivity contribution in [1.82, 2.24) is 19.4 Å². The maximum Gasteiger partial charge on any atom is 0.165 e. The first-order valence-corrected chi connectivity index (χ1v) is 9.43. The highest BCUT2D eigenvalue weighted by atomic mass is 15.0. The highest BCUT2D eigenvalue weighted by Crippen LogP contribution is 2.40. The molecule has 28 heavy (non-hydrogen) atoms. The molecule has 0 saturated carbocycles. The lowest BCUT2D eigenvalue weighted by atomic mass is 10.1. The van der Waals surface area contributed by atoms with Gasteiger partial charge in [-0.2, -0.15) is 0 Å². The van der Waals surface area contributed by atoms with Crippen LogP contribution in [-0.4, -0.2) is 19.4 Å². The standard InChI is InChI=1S/C24H14N4/c1-2-6-16-14(5-1)11-15-12-19-21(13-18(15)16)28-20-8-4-10-25-22(20)17-7-3-9-26-23(17)24(28)27-19/h1-10,12-13H,11H2. The Bertz CT molecular complexity index is 1590. The summed E-state index contributed by atoms with van der Waals surface area (Å²) in [5.41, 5.74) is 11.3. The van der Waals surface area contributed by atoms with Gasteiger partial charge in [0.25, 0.3) is 0 Å². The Morgan fingerprint density at radius 1 is 0.714 bits per heavy atom. The monoisotopic (exact) mass is 358 g/mol. The fraction of sp³-hybridized carbons (Fsp3) is 0.0417. The second-order valence-electron chi connectivity index (χ2n) is 7.37. The lowest BCUT2D eigenvalue weighted by Crippen LogP contribution is -1.94. The number of benzene rings is 2. The van der Waals surface area contributed by atoms with Crippen molar-refractivity contribution < 1.29 is 0 Å². The van der Waals surface area contributed by atoms with Crippen molar-refractivity contribution in [1.29, 1.82) is 0 Å². The van der Waals surface area contributed by atoms with Crippen LogP contribution < -0.4 is 0 Å². The molecule has 0 unspecified atom stereocenters. The Kier molecular flexibility index (Phi) is 2.51. The largest absolute Gasteiger partial charge is 0.289 e. The third-order valence-corrected chi connectivity index (χ3v) is 5.87. The first kappa shape index (κ1) is 14.3. The summed E-state index contributed by atoms with van der Waals surface area (Å²) in [4.78, 5) is 14.3. The van der Waals surface area contributed by atoms with Crippen LogP contribution in [0.15, 0.2) is 73.1 Å². The fourth-order valence-corrected chi connectivity index (χ4v) is 4.67. The maximum absolute atomic E-state index is 5.01. The summed E-state index contributed by atoms with van der Waals surface area (Å²) in [7, 11) is 0. The molecule has 6 aromatic rings. The Morgan fingerprint density at radius 2 is 1.57 bits per heavy atom. The Hall–Kier alpha value is -3.79. The molecule has 7 rings (SSSR count). The van der Waals surface area contributed by atoms with Crippen molar-refractivity contribution in [2.75, 3.05) is 0 Å². The highest BCUT2D eigenvalue weighted by Gasteiger charge is 2.21. The second-order valence-corrected chi connectivity index (χ2v) is 7.37. The molecule has 0 spiro atoms. The SMILES string of the molecule is c1ccc2c(c1)Cc1cc3nc4c5ncccc5c5ncccc5n4c3cc1-2. The molecule has 1 aliphatic carbocycles. The molecule has 4 heterocycles. The summed E-state index contributed by atoms with van der Waals surface area (Å²) in [5.74, 6) is 0. The van der Waals surface area contributed by atoms with Crippen molar-refractivity contribution >= 4 is 38.6 Å². The van der Waals surface area contributed by atoms with E-state index in [2.05, 4.69) is 62.9 Å². The molecular weight excluding hydrogens is 344 g/mol.